The number of rotatable bonds is 0. The maximum absolute atomic E-state index is 11.8. The van der Waals surface area contributed by atoms with E-state index in [1.54, 1.807) is 0 Å². The largest absolute Gasteiger partial charge is 0.369 e. The maximum Gasteiger partial charge on any atom is 0.133 e. The number of hydrogen-bond donors (Lipinski definition) is 1. The minimum atomic E-state index is 0.457. The summed E-state index contributed by atoms with van der Waals surface area (Å²) in [5, 5.41) is 3.49. The zero-order chi connectivity index (χ0) is 12.1. The molecule has 1 N–H and O–H groups in total. The van der Waals surface area contributed by atoms with Gasteiger partial charge in [-0.15, -0.1) is 0 Å². The van der Waals surface area contributed by atoms with Gasteiger partial charge in [0.15, 0.2) is 0 Å². The summed E-state index contributed by atoms with van der Waals surface area (Å²) < 4.78 is 0. The van der Waals surface area contributed by atoms with Gasteiger partial charge in [-0.3, -0.25) is 4.79 Å². The summed E-state index contributed by atoms with van der Waals surface area (Å²) in [4.78, 5) is 14.3. The number of carbonyl (C=O) groups excluding carboxylic acids is 1. The molecule has 1 fully saturated rings. The highest BCUT2D eigenvalue weighted by atomic mass is 16.1. The van der Waals surface area contributed by atoms with E-state index in [2.05, 4.69) is 28.4 Å². The van der Waals surface area contributed by atoms with Crippen molar-refractivity contribution in [2.24, 2.45) is 5.92 Å². The van der Waals surface area contributed by atoms with Crippen molar-refractivity contribution in [1.29, 1.82) is 0 Å². The van der Waals surface area contributed by atoms with E-state index in [4.69, 9.17) is 0 Å². The van der Waals surface area contributed by atoms with Crippen LogP contribution in [0.3, 0.4) is 0 Å². The zero-order valence-corrected chi connectivity index (χ0v) is 10.5. The third-order valence-corrected chi connectivity index (χ3v) is 4.70. The first-order valence-electron chi connectivity index (χ1n) is 6.92. The Balaban J connectivity index is 1.87. The molecule has 3 heteroatoms. The van der Waals surface area contributed by atoms with Crippen molar-refractivity contribution in [2.75, 3.05) is 24.5 Å². The standard InChI is InChI=1S/C15H18N2O/c18-12-6-11-9-17-5-4-16-8-10-2-1-3-13(15(10)17)14(11)7-12/h1-3,11,14,16H,4-9H2/t11-,14-/m0/s1. The average Bonchev–Trinajstić information content (AvgIpc) is 2.61. The molecule has 0 amide bonds. The smallest absolute Gasteiger partial charge is 0.133 e. The molecular formula is C15H18N2O. The molecule has 4 rings (SSSR count). The lowest BCUT2D eigenvalue weighted by atomic mass is 9.82. The molecule has 1 aromatic rings. The molecule has 2 heterocycles. The molecule has 0 bridgehead atoms. The van der Waals surface area contributed by atoms with Crippen LogP contribution in [-0.4, -0.2) is 25.4 Å². The van der Waals surface area contributed by atoms with Gasteiger partial charge in [-0.25, -0.2) is 0 Å². The lowest BCUT2D eigenvalue weighted by Gasteiger charge is -2.38. The Morgan fingerprint density at radius 1 is 1.28 bits per heavy atom. The highest BCUT2D eigenvalue weighted by Crippen LogP contribution is 2.47. The predicted octanol–water partition coefficient (Wildman–Crippen LogP) is 1.67. The molecule has 1 aromatic carbocycles. The number of para-hydroxylation sites is 1. The minimum Gasteiger partial charge on any atom is -0.369 e. The van der Waals surface area contributed by atoms with Crippen molar-refractivity contribution in [3.8, 4) is 0 Å². The number of Topliss-reactive ketones (excluding diaryl/α,β-unsaturated/α-hetero) is 1. The van der Waals surface area contributed by atoms with E-state index in [1.807, 2.05) is 0 Å². The van der Waals surface area contributed by atoms with Crippen LogP contribution in [0.5, 0.6) is 0 Å². The van der Waals surface area contributed by atoms with Crippen LogP contribution in [-0.2, 0) is 11.3 Å². The fourth-order valence-corrected chi connectivity index (χ4v) is 3.94. The van der Waals surface area contributed by atoms with Crippen LogP contribution in [0.25, 0.3) is 0 Å². The van der Waals surface area contributed by atoms with Crippen molar-refractivity contribution >= 4 is 11.5 Å². The summed E-state index contributed by atoms with van der Waals surface area (Å²) in [6, 6.07) is 6.62. The highest BCUT2D eigenvalue weighted by Gasteiger charge is 2.41. The Kier molecular flexibility index (Phi) is 2.24. The second-order valence-corrected chi connectivity index (χ2v) is 5.79. The fourth-order valence-electron chi connectivity index (χ4n) is 3.94. The van der Waals surface area contributed by atoms with Crippen LogP contribution in [0.15, 0.2) is 18.2 Å². The van der Waals surface area contributed by atoms with Gasteiger partial charge in [0.1, 0.15) is 5.78 Å². The fraction of sp³-hybridized carbons (Fsp3) is 0.533. The number of hydrogen-bond acceptors (Lipinski definition) is 3. The Labute approximate surface area is 107 Å². The molecule has 0 saturated heterocycles. The van der Waals surface area contributed by atoms with Gasteiger partial charge in [0, 0.05) is 44.7 Å². The molecule has 0 aromatic heterocycles. The van der Waals surface area contributed by atoms with E-state index in [9.17, 15) is 4.79 Å². The number of ketones is 1. The zero-order valence-electron chi connectivity index (χ0n) is 10.5. The van der Waals surface area contributed by atoms with Crippen molar-refractivity contribution in [3.05, 3.63) is 29.3 Å². The Morgan fingerprint density at radius 3 is 3.17 bits per heavy atom. The van der Waals surface area contributed by atoms with Crippen LogP contribution in [0.4, 0.5) is 5.69 Å². The number of carbonyl (C=O) groups is 1. The van der Waals surface area contributed by atoms with Gasteiger partial charge in [-0.05, 0) is 23.0 Å². The first-order valence-corrected chi connectivity index (χ1v) is 6.92. The normalized spacial score (nSPS) is 29.8. The summed E-state index contributed by atoms with van der Waals surface area (Å²) >= 11 is 0. The molecule has 0 radical (unpaired) electrons. The third kappa shape index (κ3) is 1.43. The summed E-state index contributed by atoms with van der Waals surface area (Å²) in [6.45, 7) is 4.15. The summed E-state index contributed by atoms with van der Waals surface area (Å²) in [5.74, 6) is 1.50. The van der Waals surface area contributed by atoms with Crippen LogP contribution in [0.1, 0.15) is 29.9 Å². The predicted molar refractivity (Wildman–Crippen MR) is 70.8 cm³/mol. The first-order chi connectivity index (χ1) is 8.83. The number of anilines is 1. The average molecular weight is 242 g/mol. The lowest BCUT2D eigenvalue weighted by Crippen LogP contribution is -2.38. The molecule has 1 aliphatic carbocycles. The SMILES string of the molecule is O=C1C[C@H]2CN3CCNCc4cccc(c43)[C@H]2C1. The monoisotopic (exact) mass is 242 g/mol. The molecule has 0 unspecified atom stereocenters. The van der Waals surface area contributed by atoms with Gasteiger partial charge >= 0.3 is 0 Å². The van der Waals surface area contributed by atoms with Crippen LogP contribution in [0.2, 0.25) is 0 Å². The van der Waals surface area contributed by atoms with Crippen molar-refractivity contribution < 1.29 is 4.79 Å². The molecule has 0 spiro atoms. The number of fused-ring (bicyclic) bond motifs is 2. The van der Waals surface area contributed by atoms with Crippen LogP contribution < -0.4 is 10.2 Å². The van der Waals surface area contributed by atoms with E-state index in [-0.39, 0.29) is 0 Å². The summed E-state index contributed by atoms with van der Waals surface area (Å²) in [7, 11) is 0. The van der Waals surface area contributed by atoms with E-state index in [0.717, 1.165) is 39.0 Å². The quantitative estimate of drug-likeness (QED) is 0.751. The molecule has 3 aliphatic rings. The second-order valence-electron chi connectivity index (χ2n) is 5.79. The van der Waals surface area contributed by atoms with Gasteiger partial charge in [-0.2, -0.15) is 0 Å². The van der Waals surface area contributed by atoms with Gasteiger partial charge in [0.05, 0.1) is 0 Å². The second kappa shape index (κ2) is 3.82. The Morgan fingerprint density at radius 2 is 2.22 bits per heavy atom. The van der Waals surface area contributed by atoms with Gasteiger partial charge in [0.2, 0.25) is 0 Å². The topological polar surface area (TPSA) is 32.3 Å². The van der Waals surface area contributed by atoms with Crippen LogP contribution in [0, 0.1) is 5.92 Å². The molecule has 1 saturated carbocycles. The number of benzene rings is 1. The Bertz CT molecular complexity index is 511. The van der Waals surface area contributed by atoms with Crippen molar-refractivity contribution in [2.45, 2.75) is 25.3 Å². The van der Waals surface area contributed by atoms with Crippen molar-refractivity contribution in [1.82, 2.24) is 5.32 Å². The van der Waals surface area contributed by atoms with Crippen molar-refractivity contribution in [3.63, 3.8) is 0 Å². The summed E-state index contributed by atoms with van der Waals surface area (Å²) in [5.41, 5.74) is 4.26. The maximum atomic E-state index is 11.8. The minimum absolute atomic E-state index is 0.457. The van der Waals surface area contributed by atoms with E-state index in [0.29, 0.717) is 17.6 Å². The highest BCUT2D eigenvalue weighted by molar-refractivity contribution is 5.84. The van der Waals surface area contributed by atoms with Crippen LogP contribution >= 0.6 is 0 Å². The third-order valence-electron chi connectivity index (χ3n) is 4.70. The molecule has 18 heavy (non-hydrogen) atoms. The summed E-state index contributed by atoms with van der Waals surface area (Å²) in [6.07, 6.45) is 1.56. The first kappa shape index (κ1) is 10.6. The van der Waals surface area contributed by atoms with Gasteiger partial charge in [0.25, 0.3) is 0 Å². The molecule has 3 nitrogen and oxygen atoms in total. The number of nitrogens with zero attached hydrogens (tertiary/aromatic N) is 1. The number of nitrogens with one attached hydrogen (secondary N) is 1. The molecular weight excluding hydrogens is 224 g/mol. The molecule has 2 aliphatic heterocycles. The van der Waals surface area contributed by atoms with Gasteiger partial charge in [-0.1, -0.05) is 18.2 Å². The van der Waals surface area contributed by atoms with E-state index < -0.39 is 0 Å². The van der Waals surface area contributed by atoms with E-state index >= 15 is 0 Å². The molecule has 94 valence electrons. The molecule has 2 atom stereocenters. The lowest BCUT2D eigenvalue weighted by molar-refractivity contribution is -0.117. The van der Waals surface area contributed by atoms with Gasteiger partial charge < -0.3 is 10.2 Å². The van der Waals surface area contributed by atoms with E-state index in [1.165, 1.54) is 16.8 Å². The Hall–Kier alpha value is -1.35.